The van der Waals surface area contributed by atoms with Gasteiger partial charge in [-0.2, -0.15) is 0 Å². The van der Waals surface area contributed by atoms with E-state index in [2.05, 4.69) is 15.0 Å². The van der Waals surface area contributed by atoms with Crippen LogP contribution >= 0.6 is 11.6 Å². The lowest BCUT2D eigenvalue weighted by Crippen LogP contribution is -1.97. The van der Waals surface area contributed by atoms with Gasteiger partial charge in [-0.05, 0) is 36.8 Å². The summed E-state index contributed by atoms with van der Waals surface area (Å²) in [5.74, 6) is -0.471. The second kappa shape index (κ2) is 4.61. The SMILES string of the molecule is Cc1cc(Cl)cc(-c2nc3nccc(C(=O)O)c3[nH]2)c1. The van der Waals surface area contributed by atoms with Crippen LogP contribution in [0.15, 0.2) is 30.5 Å². The van der Waals surface area contributed by atoms with Gasteiger partial charge in [0, 0.05) is 16.8 Å². The monoisotopic (exact) mass is 287 g/mol. The fourth-order valence-electron chi connectivity index (χ4n) is 2.10. The van der Waals surface area contributed by atoms with E-state index in [0.29, 0.717) is 22.0 Å². The van der Waals surface area contributed by atoms with Crippen LogP contribution in [0.2, 0.25) is 5.02 Å². The van der Waals surface area contributed by atoms with E-state index < -0.39 is 5.97 Å². The predicted octanol–water partition coefficient (Wildman–Crippen LogP) is 3.28. The van der Waals surface area contributed by atoms with Gasteiger partial charge in [-0.15, -0.1) is 0 Å². The fraction of sp³-hybridized carbons (Fsp3) is 0.0714. The van der Waals surface area contributed by atoms with Crippen molar-refractivity contribution in [2.24, 2.45) is 0 Å². The zero-order valence-corrected chi connectivity index (χ0v) is 11.3. The third kappa shape index (κ3) is 2.12. The van der Waals surface area contributed by atoms with Gasteiger partial charge in [0.15, 0.2) is 5.65 Å². The van der Waals surface area contributed by atoms with E-state index >= 15 is 0 Å². The molecule has 2 N–H and O–H groups in total. The number of carboxylic acids is 1. The van der Waals surface area contributed by atoms with Gasteiger partial charge in [-0.25, -0.2) is 14.8 Å². The van der Waals surface area contributed by atoms with Crippen molar-refractivity contribution in [2.45, 2.75) is 6.92 Å². The first kappa shape index (κ1) is 12.6. The summed E-state index contributed by atoms with van der Waals surface area (Å²) >= 11 is 6.03. The lowest BCUT2D eigenvalue weighted by Gasteiger charge is -2.00. The number of hydrogen-bond donors (Lipinski definition) is 2. The number of rotatable bonds is 2. The summed E-state index contributed by atoms with van der Waals surface area (Å²) < 4.78 is 0. The van der Waals surface area contributed by atoms with Crippen LogP contribution < -0.4 is 0 Å². The number of hydrogen-bond acceptors (Lipinski definition) is 3. The maximum Gasteiger partial charge on any atom is 0.338 e. The maximum absolute atomic E-state index is 11.2. The van der Waals surface area contributed by atoms with Gasteiger partial charge in [0.25, 0.3) is 0 Å². The number of halogens is 1. The van der Waals surface area contributed by atoms with Crippen LogP contribution in [0.3, 0.4) is 0 Å². The Morgan fingerprint density at radius 2 is 2.15 bits per heavy atom. The van der Waals surface area contributed by atoms with Crippen molar-refractivity contribution >= 4 is 28.7 Å². The van der Waals surface area contributed by atoms with Crippen LogP contribution in [0.4, 0.5) is 0 Å². The standard InChI is InChI=1S/C14H10ClN3O2/c1-7-4-8(6-9(15)5-7)12-17-11-10(14(19)20)2-3-16-13(11)18-12/h2-6H,1H3,(H,19,20)(H,16,17,18). The summed E-state index contributed by atoms with van der Waals surface area (Å²) in [4.78, 5) is 22.6. The Bertz CT molecular complexity index is 806. The maximum atomic E-state index is 11.2. The van der Waals surface area contributed by atoms with E-state index in [1.54, 1.807) is 6.07 Å². The molecule has 100 valence electrons. The van der Waals surface area contributed by atoms with Gasteiger partial charge in [-0.3, -0.25) is 0 Å². The molecule has 2 heterocycles. The summed E-state index contributed by atoms with van der Waals surface area (Å²) in [6.45, 7) is 1.93. The molecule has 2 aromatic heterocycles. The zero-order valence-electron chi connectivity index (χ0n) is 10.5. The number of imidazole rings is 1. The number of nitrogens with zero attached hydrogens (tertiary/aromatic N) is 2. The summed E-state index contributed by atoms with van der Waals surface area (Å²) in [5.41, 5.74) is 2.72. The van der Waals surface area contributed by atoms with Crippen LogP contribution in [-0.2, 0) is 0 Å². The number of carboxylic acid groups (broad SMARTS) is 1. The molecule has 0 amide bonds. The Hall–Kier alpha value is -2.40. The van der Waals surface area contributed by atoms with E-state index in [0.717, 1.165) is 11.1 Å². The van der Waals surface area contributed by atoms with Crippen molar-refractivity contribution in [1.82, 2.24) is 15.0 Å². The molecule has 3 aromatic rings. The summed E-state index contributed by atoms with van der Waals surface area (Å²) in [6.07, 6.45) is 1.43. The first-order valence-corrected chi connectivity index (χ1v) is 6.28. The first-order valence-electron chi connectivity index (χ1n) is 5.90. The molecule has 0 aliphatic rings. The zero-order chi connectivity index (χ0) is 14.3. The summed E-state index contributed by atoms with van der Waals surface area (Å²) in [6, 6.07) is 6.97. The van der Waals surface area contributed by atoms with Gasteiger partial charge < -0.3 is 10.1 Å². The van der Waals surface area contributed by atoms with E-state index in [-0.39, 0.29) is 5.56 Å². The Balaban J connectivity index is 2.23. The second-order valence-electron chi connectivity index (χ2n) is 4.46. The number of aryl methyl sites for hydroxylation is 1. The van der Waals surface area contributed by atoms with E-state index in [4.69, 9.17) is 16.7 Å². The molecular formula is C14H10ClN3O2. The van der Waals surface area contributed by atoms with Crippen molar-refractivity contribution in [2.75, 3.05) is 0 Å². The molecule has 0 unspecified atom stereocenters. The van der Waals surface area contributed by atoms with Gasteiger partial charge in [0.1, 0.15) is 5.82 Å². The minimum Gasteiger partial charge on any atom is -0.478 e. The molecule has 0 atom stereocenters. The highest BCUT2D eigenvalue weighted by molar-refractivity contribution is 6.30. The third-order valence-electron chi connectivity index (χ3n) is 2.94. The molecule has 0 bridgehead atoms. The molecular weight excluding hydrogens is 278 g/mol. The summed E-state index contributed by atoms with van der Waals surface area (Å²) in [5, 5.41) is 9.76. The topological polar surface area (TPSA) is 78.9 Å². The molecule has 3 rings (SSSR count). The third-order valence-corrected chi connectivity index (χ3v) is 3.16. The molecule has 0 fully saturated rings. The fourth-order valence-corrected chi connectivity index (χ4v) is 2.39. The highest BCUT2D eigenvalue weighted by Crippen LogP contribution is 2.25. The smallest absolute Gasteiger partial charge is 0.338 e. The number of H-pyrrole nitrogens is 1. The number of benzene rings is 1. The Morgan fingerprint density at radius 1 is 1.35 bits per heavy atom. The Morgan fingerprint density at radius 3 is 2.85 bits per heavy atom. The quantitative estimate of drug-likeness (QED) is 0.758. The van der Waals surface area contributed by atoms with Gasteiger partial charge in [0.05, 0.1) is 11.1 Å². The van der Waals surface area contributed by atoms with E-state index in [1.165, 1.54) is 12.3 Å². The number of aromatic amines is 1. The molecule has 0 aliphatic heterocycles. The van der Waals surface area contributed by atoms with Crippen molar-refractivity contribution in [3.05, 3.63) is 46.6 Å². The van der Waals surface area contributed by atoms with Crippen molar-refractivity contribution in [3.63, 3.8) is 0 Å². The molecule has 5 nitrogen and oxygen atoms in total. The average molecular weight is 288 g/mol. The minimum atomic E-state index is -1.02. The largest absolute Gasteiger partial charge is 0.478 e. The predicted molar refractivity (Wildman–Crippen MR) is 76.0 cm³/mol. The van der Waals surface area contributed by atoms with Crippen LogP contribution in [0.1, 0.15) is 15.9 Å². The lowest BCUT2D eigenvalue weighted by molar-refractivity contribution is 0.0699. The Labute approximate surface area is 119 Å². The molecule has 20 heavy (non-hydrogen) atoms. The van der Waals surface area contributed by atoms with Gasteiger partial charge in [-0.1, -0.05) is 11.6 Å². The van der Waals surface area contributed by atoms with Crippen LogP contribution in [0, 0.1) is 6.92 Å². The number of aromatic nitrogens is 3. The lowest BCUT2D eigenvalue weighted by atomic mass is 10.1. The molecule has 1 aromatic carbocycles. The molecule has 0 saturated carbocycles. The number of carbonyl (C=O) groups is 1. The normalized spacial score (nSPS) is 10.9. The molecule has 0 aliphatic carbocycles. The van der Waals surface area contributed by atoms with Crippen molar-refractivity contribution < 1.29 is 9.90 Å². The Kier molecular flexibility index (Phi) is 2.91. The molecule has 0 saturated heterocycles. The number of fused-ring (bicyclic) bond motifs is 1. The highest BCUT2D eigenvalue weighted by Gasteiger charge is 2.14. The molecule has 0 spiro atoms. The second-order valence-corrected chi connectivity index (χ2v) is 4.90. The minimum absolute atomic E-state index is 0.146. The average Bonchev–Trinajstić information content (AvgIpc) is 2.80. The highest BCUT2D eigenvalue weighted by atomic mass is 35.5. The number of pyridine rings is 1. The molecule has 6 heteroatoms. The van der Waals surface area contributed by atoms with Crippen molar-refractivity contribution in [1.29, 1.82) is 0 Å². The van der Waals surface area contributed by atoms with Crippen LogP contribution in [0.5, 0.6) is 0 Å². The van der Waals surface area contributed by atoms with Gasteiger partial charge in [0.2, 0.25) is 0 Å². The van der Waals surface area contributed by atoms with Crippen molar-refractivity contribution in [3.8, 4) is 11.4 Å². The number of aromatic carboxylic acids is 1. The molecule has 0 radical (unpaired) electrons. The first-order chi connectivity index (χ1) is 9.54. The number of nitrogens with one attached hydrogen (secondary N) is 1. The van der Waals surface area contributed by atoms with Gasteiger partial charge >= 0.3 is 5.97 Å². The van der Waals surface area contributed by atoms with Crippen LogP contribution in [0.25, 0.3) is 22.6 Å². The van der Waals surface area contributed by atoms with E-state index in [9.17, 15) is 4.79 Å². The van der Waals surface area contributed by atoms with Crippen LogP contribution in [-0.4, -0.2) is 26.0 Å². The summed E-state index contributed by atoms with van der Waals surface area (Å²) in [7, 11) is 0. The van der Waals surface area contributed by atoms with E-state index in [1.807, 2.05) is 19.1 Å².